The summed E-state index contributed by atoms with van der Waals surface area (Å²) in [5, 5.41) is 9.33. The smallest absolute Gasteiger partial charge is 0.101 e. The van der Waals surface area contributed by atoms with E-state index in [9.17, 15) is 0 Å². The highest BCUT2D eigenvalue weighted by Gasteiger charge is 2.07. The van der Waals surface area contributed by atoms with Crippen molar-refractivity contribution in [3.05, 3.63) is 48.7 Å². The van der Waals surface area contributed by atoms with Crippen molar-refractivity contribution >= 4 is 16.4 Å². The van der Waals surface area contributed by atoms with E-state index >= 15 is 0 Å². The van der Waals surface area contributed by atoms with E-state index < -0.39 is 0 Å². The van der Waals surface area contributed by atoms with Crippen LogP contribution < -0.4 is 4.52 Å². The van der Waals surface area contributed by atoms with Gasteiger partial charge in [-0.3, -0.25) is 0 Å². The topological polar surface area (TPSA) is 29.9 Å². The van der Waals surface area contributed by atoms with Crippen LogP contribution in [0.15, 0.2) is 48.7 Å². The number of pyridine rings is 1. The molecule has 0 unspecified atom stereocenters. The fourth-order valence-corrected chi connectivity index (χ4v) is 1.60. The summed E-state index contributed by atoms with van der Waals surface area (Å²) in [6.07, 6.45) is 1.90. The molecule has 3 nitrogen and oxygen atoms in total. The summed E-state index contributed by atoms with van der Waals surface area (Å²) in [4.78, 5) is 0. The van der Waals surface area contributed by atoms with Crippen LogP contribution in [0.5, 0.6) is 0 Å². The molecule has 0 saturated heterocycles. The molecular weight excluding hydrogens is 174 g/mol. The lowest BCUT2D eigenvalue weighted by Gasteiger charge is -1.93. The zero-order valence-corrected chi connectivity index (χ0v) is 7.46. The number of benzene rings is 1. The maximum atomic E-state index is 4.12. The van der Waals surface area contributed by atoms with E-state index in [2.05, 4.69) is 16.4 Å². The lowest BCUT2D eigenvalue weighted by molar-refractivity contribution is -0.586. The average Bonchev–Trinajstić information content (AvgIpc) is 2.29. The van der Waals surface area contributed by atoms with E-state index in [0.717, 1.165) is 16.4 Å². The van der Waals surface area contributed by atoms with Gasteiger partial charge in [0.2, 0.25) is 5.52 Å². The van der Waals surface area contributed by atoms with E-state index in [0.29, 0.717) is 0 Å². The highest BCUT2D eigenvalue weighted by molar-refractivity contribution is 5.90. The Labute approximate surface area is 80.6 Å². The number of hydrogen-bond acceptors (Lipinski definition) is 2. The molecular formula is C11H8N3+. The molecule has 0 fully saturated rings. The first-order valence-electron chi connectivity index (χ1n) is 4.47. The molecule has 0 N–H and O–H groups in total. The Balaban J connectivity index is 2.61. The van der Waals surface area contributed by atoms with Gasteiger partial charge in [-0.05, 0) is 24.3 Å². The van der Waals surface area contributed by atoms with Crippen molar-refractivity contribution in [2.45, 2.75) is 0 Å². The Morgan fingerprint density at radius 2 is 1.79 bits per heavy atom. The lowest BCUT2D eigenvalue weighted by Crippen LogP contribution is -2.27. The Hall–Kier alpha value is -2.03. The van der Waals surface area contributed by atoms with Crippen molar-refractivity contribution in [2.24, 2.45) is 0 Å². The zero-order chi connectivity index (χ0) is 9.38. The Bertz CT molecular complexity index is 550. The first kappa shape index (κ1) is 7.38. The molecule has 14 heavy (non-hydrogen) atoms. The highest BCUT2D eigenvalue weighted by Crippen LogP contribution is 2.12. The van der Waals surface area contributed by atoms with Gasteiger partial charge in [-0.15, -0.1) is 4.52 Å². The molecule has 0 atom stereocenters. The molecule has 2 aromatic heterocycles. The minimum Gasteiger partial charge on any atom is -0.101 e. The summed E-state index contributed by atoms with van der Waals surface area (Å²) in [7, 11) is 0. The predicted molar refractivity (Wildman–Crippen MR) is 52.7 cm³/mol. The Kier molecular flexibility index (Phi) is 1.44. The molecule has 0 aliphatic carbocycles. The van der Waals surface area contributed by atoms with Gasteiger partial charge >= 0.3 is 0 Å². The van der Waals surface area contributed by atoms with Crippen molar-refractivity contribution in [3.8, 4) is 0 Å². The molecule has 0 aliphatic heterocycles. The van der Waals surface area contributed by atoms with E-state index in [1.807, 2.05) is 42.6 Å². The third-order valence-corrected chi connectivity index (χ3v) is 2.27. The maximum Gasteiger partial charge on any atom is 0.215 e. The van der Waals surface area contributed by atoms with Gasteiger partial charge in [0.15, 0.2) is 5.52 Å². The largest absolute Gasteiger partial charge is 0.215 e. The van der Waals surface area contributed by atoms with Crippen LogP contribution in [0.2, 0.25) is 0 Å². The molecule has 66 valence electrons. The molecule has 3 heteroatoms. The fourth-order valence-electron chi connectivity index (χ4n) is 1.60. The van der Waals surface area contributed by atoms with Crippen LogP contribution in [-0.2, 0) is 0 Å². The summed E-state index contributed by atoms with van der Waals surface area (Å²) in [5.74, 6) is 0. The number of rotatable bonds is 0. The second-order valence-electron chi connectivity index (χ2n) is 3.14. The fraction of sp³-hybridized carbons (Fsp3) is 0. The first-order valence-corrected chi connectivity index (χ1v) is 4.47. The predicted octanol–water partition coefficient (Wildman–Crippen LogP) is 1.37. The van der Waals surface area contributed by atoms with E-state index in [1.165, 1.54) is 0 Å². The van der Waals surface area contributed by atoms with Crippen molar-refractivity contribution in [1.82, 2.24) is 10.3 Å². The van der Waals surface area contributed by atoms with Crippen LogP contribution >= 0.6 is 0 Å². The number of nitrogens with zero attached hydrogens (tertiary/aromatic N) is 3. The van der Waals surface area contributed by atoms with E-state index in [1.54, 1.807) is 4.52 Å². The van der Waals surface area contributed by atoms with Gasteiger partial charge in [0.25, 0.3) is 0 Å². The molecule has 0 radical (unpaired) electrons. The summed E-state index contributed by atoms with van der Waals surface area (Å²) in [6, 6.07) is 14.0. The zero-order valence-electron chi connectivity index (χ0n) is 7.46. The van der Waals surface area contributed by atoms with Crippen LogP contribution in [0.3, 0.4) is 0 Å². The molecule has 0 bridgehead atoms. The molecule has 0 amide bonds. The SMILES string of the molecule is c1ccc2c(c1)nn[n+]1ccccc21. The molecule has 0 aliphatic rings. The van der Waals surface area contributed by atoms with E-state index in [4.69, 9.17) is 0 Å². The molecule has 0 saturated carbocycles. The summed E-state index contributed by atoms with van der Waals surface area (Å²) >= 11 is 0. The van der Waals surface area contributed by atoms with Gasteiger partial charge in [-0.25, -0.2) is 0 Å². The minimum absolute atomic E-state index is 0.929. The number of fused-ring (bicyclic) bond motifs is 3. The normalized spacial score (nSPS) is 10.9. The quantitative estimate of drug-likeness (QED) is 0.388. The van der Waals surface area contributed by atoms with Crippen LogP contribution in [0.4, 0.5) is 0 Å². The van der Waals surface area contributed by atoms with Crippen LogP contribution in [0, 0.1) is 0 Å². The van der Waals surface area contributed by atoms with Gasteiger partial charge in [-0.2, -0.15) is 0 Å². The third kappa shape index (κ3) is 0.956. The molecule has 2 heterocycles. The molecule has 3 rings (SSSR count). The van der Waals surface area contributed by atoms with E-state index in [-0.39, 0.29) is 0 Å². The Morgan fingerprint density at radius 1 is 0.929 bits per heavy atom. The molecule has 1 aromatic carbocycles. The number of hydrogen-bond donors (Lipinski definition) is 0. The van der Waals surface area contributed by atoms with Gasteiger partial charge < -0.3 is 0 Å². The lowest BCUT2D eigenvalue weighted by atomic mass is 10.2. The van der Waals surface area contributed by atoms with Gasteiger partial charge in [-0.1, -0.05) is 18.2 Å². The molecule has 0 spiro atoms. The van der Waals surface area contributed by atoms with Crippen molar-refractivity contribution in [3.63, 3.8) is 0 Å². The van der Waals surface area contributed by atoms with Crippen LogP contribution in [-0.4, -0.2) is 10.3 Å². The summed E-state index contributed by atoms with van der Waals surface area (Å²) in [6.45, 7) is 0. The van der Waals surface area contributed by atoms with Crippen molar-refractivity contribution < 1.29 is 4.52 Å². The van der Waals surface area contributed by atoms with Gasteiger partial charge in [0.1, 0.15) is 11.4 Å². The summed E-state index contributed by atoms with van der Waals surface area (Å²) in [5.41, 5.74) is 2.01. The monoisotopic (exact) mass is 182 g/mol. The highest BCUT2D eigenvalue weighted by atomic mass is 15.4. The van der Waals surface area contributed by atoms with Crippen molar-refractivity contribution in [2.75, 3.05) is 0 Å². The summed E-state index contributed by atoms with van der Waals surface area (Å²) < 4.78 is 1.78. The van der Waals surface area contributed by atoms with Crippen LogP contribution in [0.25, 0.3) is 16.4 Å². The number of aromatic nitrogens is 3. The second kappa shape index (κ2) is 2.73. The van der Waals surface area contributed by atoms with Crippen LogP contribution in [0.1, 0.15) is 0 Å². The minimum atomic E-state index is 0.929. The van der Waals surface area contributed by atoms with Crippen molar-refractivity contribution in [1.29, 1.82) is 0 Å². The average molecular weight is 182 g/mol. The third-order valence-electron chi connectivity index (χ3n) is 2.27. The first-order chi connectivity index (χ1) is 6.95. The Morgan fingerprint density at radius 3 is 2.79 bits per heavy atom. The maximum absolute atomic E-state index is 4.12. The second-order valence-corrected chi connectivity index (χ2v) is 3.14. The standard InChI is InChI=1S/C11H8N3/c1-2-6-10-9(5-1)11-7-3-4-8-14(11)13-12-10/h1-8H/q+1. The van der Waals surface area contributed by atoms with Gasteiger partial charge in [0.05, 0.1) is 10.5 Å². The van der Waals surface area contributed by atoms with Gasteiger partial charge in [0, 0.05) is 0 Å². The molecule has 3 aromatic rings.